The van der Waals surface area contributed by atoms with E-state index < -0.39 is 11.7 Å². The Balaban J connectivity index is 4.45. The first-order valence-electron chi connectivity index (χ1n) is 4.53. The second-order valence-corrected chi connectivity index (χ2v) is 4.21. The van der Waals surface area contributed by atoms with Crippen molar-refractivity contribution in [1.29, 1.82) is 5.26 Å². The van der Waals surface area contributed by atoms with Crippen molar-refractivity contribution in [3.05, 3.63) is 12.4 Å². The highest BCUT2D eigenvalue weighted by molar-refractivity contribution is 5.71. The molecule has 0 aromatic carbocycles. The highest BCUT2D eigenvalue weighted by atomic mass is 16.6. The fourth-order valence-electron chi connectivity index (χ4n) is 0.646. The second kappa shape index (κ2) is 5.25. The minimum Gasteiger partial charge on any atom is -0.443 e. The topological polar surface area (TPSA) is 56.6 Å². The Morgan fingerprint density at radius 1 is 1.33 bits per heavy atom. The van der Waals surface area contributed by atoms with Crippen LogP contribution in [0.2, 0.25) is 0 Å². The van der Waals surface area contributed by atoms with Gasteiger partial charge in [0, 0.05) is 26.5 Å². The van der Waals surface area contributed by atoms with Crippen LogP contribution in [-0.2, 0) is 4.74 Å². The third-order valence-corrected chi connectivity index (χ3v) is 1.21. The van der Waals surface area contributed by atoms with E-state index in [-0.39, 0.29) is 0 Å². The SMILES string of the molecule is CN(C)/C=C/N(C#N)C(=O)OC(C)(C)C. The van der Waals surface area contributed by atoms with Gasteiger partial charge in [-0.2, -0.15) is 10.2 Å². The lowest BCUT2D eigenvalue weighted by molar-refractivity contribution is 0.0409. The molecule has 0 rings (SSSR count). The van der Waals surface area contributed by atoms with E-state index in [4.69, 9.17) is 10.00 Å². The van der Waals surface area contributed by atoms with Crippen LogP contribution in [0.5, 0.6) is 0 Å². The number of hydrogen-bond donors (Lipinski definition) is 0. The summed E-state index contributed by atoms with van der Waals surface area (Å²) in [6, 6.07) is 0. The molecule has 1 amide bonds. The molecule has 84 valence electrons. The van der Waals surface area contributed by atoms with Crippen molar-refractivity contribution in [1.82, 2.24) is 9.80 Å². The molecule has 0 aromatic rings. The highest BCUT2D eigenvalue weighted by Gasteiger charge is 2.20. The van der Waals surface area contributed by atoms with Crippen LogP contribution in [0.25, 0.3) is 0 Å². The van der Waals surface area contributed by atoms with Crippen LogP contribution in [0.15, 0.2) is 12.4 Å². The van der Waals surface area contributed by atoms with Gasteiger partial charge in [0.15, 0.2) is 6.19 Å². The Bertz CT molecular complexity index is 284. The summed E-state index contributed by atoms with van der Waals surface area (Å²) in [7, 11) is 3.59. The number of hydrogen-bond acceptors (Lipinski definition) is 4. The summed E-state index contributed by atoms with van der Waals surface area (Å²) >= 11 is 0. The summed E-state index contributed by atoms with van der Waals surface area (Å²) in [5.41, 5.74) is -0.599. The fraction of sp³-hybridized carbons (Fsp3) is 0.600. The van der Waals surface area contributed by atoms with Gasteiger partial charge in [0.2, 0.25) is 0 Å². The highest BCUT2D eigenvalue weighted by Crippen LogP contribution is 2.09. The number of carbonyl (C=O) groups is 1. The van der Waals surface area contributed by atoms with Gasteiger partial charge in [-0.1, -0.05) is 0 Å². The van der Waals surface area contributed by atoms with Crippen molar-refractivity contribution < 1.29 is 9.53 Å². The molecule has 0 aliphatic rings. The van der Waals surface area contributed by atoms with Gasteiger partial charge in [0.05, 0.1) is 0 Å². The van der Waals surface area contributed by atoms with E-state index in [1.165, 1.54) is 6.20 Å². The molecule has 0 spiro atoms. The minimum atomic E-state index is -0.678. The van der Waals surface area contributed by atoms with Crippen LogP contribution >= 0.6 is 0 Å². The van der Waals surface area contributed by atoms with Gasteiger partial charge in [-0.25, -0.2) is 4.79 Å². The van der Waals surface area contributed by atoms with Gasteiger partial charge in [0.1, 0.15) is 5.60 Å². The van der Waals surface area contributed by atoms with Crippen molar-refractivity contribution in [2.75, 3.05) is 14.1 Å². The molecule has 0 unspecified atom stereocenters. The van der Waals surface area contributed by atoms with E-state index in [0.717, 1.165) is 4.90 Å². The lowest BCUT2D eigenvalue weighted by atomic mass is 10.2. The summed E-state index contributed by atoms with van der Waals surface area (Å²) in [6.07, 6.45) is 3.99. The molecule has 0 radical (unpaired) electrons. The van der Waals surface area contributed by atoms with E-state index in [9.17, 15) is 4.79 Å². The molecular weight excluding hydrogens is 194 g/mol. The molecule has 0 saturated carbocycles. The lowest BCUT2D eigenvalue weighted by Gasteiger charge is -2.21. The van der Waals surface area contributed by atoms with Crippen LogP contribution in [0, 0.1) is 11.5 Å². The molecule has 0 aromatic heterocycles. The molecule has 0 aliphatic heterocycles. The Morgan fingerprint density at radius 3 is 2.20 bits per heavy atom. The van der Waals surface area contributed by atoms with Crippen molar-refractivity contribution in [2.24, 2.45) is 0 Å². The monoisotopic (exact) mass is 211 g/mol. The largest absolute Gasteiger partial charge is 0.443 e. The number of ether oxygens (including phenoxy) is 1. The summed E-state index contributed by atoms with van der Waals surface area (Å²) < 4.78 is 5.02. The normalized spacial score (nSPS) is 10.9. The number of rotatable bonds is 2. The van der Waals surface area contributed by atoms with Crippen LogP contribution < -0.4 is 0 Å². The average Bonchev–Trinajstić information content (AvgIpc) is 2.01. The Kier molecular flexibility index (Phi) is 4.65. The number of nitriles is 1. The summed E-state index contributed by atoms with van der Waals surface area (Å²) in [6.45, 7) is 5.24. The Hall–Kier alpha value is -1.70. The molecule has 0 atom stereocenters. The maximum Gasteiger partial charge on any atom is 0.427 e. The van der Waals surface area contributed by atoms with Crippen molar-refractivity contribution in [3.63, 3.8) is 0 Å². The zero-order chi connectivity index (χ0) is 12.1. The molecule has 0 saturated heterocycles. The van der Waals surface area contributed by atoms with E-state index >= 15 is 0 Å². The molecule has 15 heavy (non-hydrogen) atoms. The number of amides is 1. The molecule has 0 fully saturated rings. The van der Waals surface area contributed by atoms with Crippen molar-refractivity contribution in [2.45, 2.75) is 26.4 Å². The molecule has 5 heteroatoms. The molecule has 5 nitrogen and oxygen atoms in total. The maximum absolute atomic E-state index is 11.4. The quantitative estimate of drug-likeness (QED) is 0.515. The van der Waals surface area contributed by atoms with E-state index in [2.05, 4.69) is 0 Å². The molecule has 0 bridgehead atoms. The predicted octanol–water partition coefficient (Wildman–Crippen LogP) is 1.74. The Morgan fingerprint density at radius 2 is 1.87 bits per heavy atom. The van der Waals surface area contributed by atoms with Crippen LogP contribution in [0.4, 0.5) is 4.79 Å². The molecule has 0 heterocycles. The first-order valence-corrected chi connectivity index (χ1v) is 4.53. The minimum absolute atomic E-state index is 0.599. The molecular formula is C10H17N3O2. The van der Waals surface area contributed by atoms with Crippen molar-refractivity contribution >= 4 is 6.09 Å². The van der Waals surface area contributed by atoms with Gasteiger partial charge in [0.25, 0.3) is 0 Å². The lowest BCUT2D eigenvalue weighted by Crippen LogP contribution is -2.31. The maximum atomic E-state index is 11.4. The zero-order valence-electron chi connectivity index (χ0n) is 9.81. The smallest absolute Gasteiger partial charge is 0.427 e. The molecule has 0 aliphatic carbocycles. The zero-order valence-corrected chi connectivity index (χ0v) is 9.81. The fourth-order valence-corrected chi connectivity index (χ4v) is 0.646. The van der Waals surface area contributed by atoms with Gasteiger partial charge in [-0.3, -0.25) is 0 Å². The predicted molar refractivity (Wildman–Crippen MR) is 56.5 cm³/mol. The summed E-state index contributed by atoms with van der Waals surface area (Å²) in [5.74, 6) is 0. The van der Waals surface area contributed by atoms with Crippen molar-refractivity contribution in [3.8, 4) is 6.19 Å². The van der Waals surface area contributed by atoms with Crippen LogP contribution in [-0.4, -0.2) is 35.6 Å². The summed E-state index contributed by atoms with van der Waals surface area (Å²) in [4.78, 5) is 14.0. The average molecular weight is 211 g/mol. The van der Waals surface area contributed by atoms with E-state index in [1.54, 1.807) is 52.2 Å². The van der Waals surface area contributed by atoms with Gasteiger partial charge in [-0.15, -0.1) is 0 Å². The summed E-state index contributed by atoms with van der Waals surface area (Å²) in [5, 5.41) is 8.71. The van der Waals surface area contributed by atoms with Gasteiger partial charge >= 0.3 is 6.09 Å². The first kappa shape index (κ1) is 13.3. The third kappa shape index (κ3) is 6.38. The Labute approximate surface area is 90.5 Å². The standard InChI is InChI=1S/C10H17N3O2/c1-10(2,3)15-9(14)13(8-11)7-6-12(4)5/h6-7H,1-5H3/b7-6+. The van der Waals surface area contributed by atoms with Gasteiger partial charge in [-0.05, 0) is 20.8 Å². The molecule has 0 N–H and O–H groups in total. The first-order chi connectivity index (χ1) is 6.76. The van der Waals surface area contributed by atoms with E-state index in [1.807, 2.05) is 0 Å². The van der Waals surface area contributed by atoms with E-state index in [0.29, 0.717) is 0 Å². The number of carbonyl (C=O) groups excluding carboxylic acids is 1. The number of nitrogens with zero attached hydrogens (tertiary/aromatic N) is 3. The third-order valence-electron chi connectivity index (χ3n) is 1.21. The van der Waals surface area contributed by atoms with Crippen LogP contribution in [0.3, 0.4) is 0 Å². The van der Waals surface area contributed by atoms with Crippen LogP contribution in [0.1, 0.15) is 20.8 Å². The van der Waals surface area contributed by atoms with Gasteiger partial charge < -0.3 is 9.64 Å². The second-order valence-electron chi connectivity index (χ2n) is 4.21.